The zero-order valence-electron chi connectivity index (χ0n) is 13.3. The van der Waals surface area contributed by atoms with E-state index < -0.39 is 0 Å². The van der Waals surface area contributed by atoms with Crippen LogP contribution >= 0.6 is 0 Å². The first-order chi connectivity index (χ1) is 9.74. The van der Waals surface area contributed by atoms with E-state index in [1.54, 1.807) is 0 Å². The molecule has 0 radical (unpaired) electrons. The number of rotatable bonds is 6. The van der Waals surface area contributed by atoms with E-state index in [0.717, 1.165) is 12.5 Å². The predicted octanol–water partition coefficient (Wildman–Crippen LogP) is 3.85. The van der Waals surface area contributed by atoms with E-state index in [1.165, 1.54) is 37.9 Å². The Balaban J connectivity index is 2.08. The number of hydrogen-bond acceptors (Lipinski definition) is 2. The molecule has 1 fully saturated rings. The Hall–Kier alpha value is -0.860. The molecule has 1 saturated heterocycles. The lowest BCUT2D eigenvalue weighted by atomic mass is 9.97. The minimum absolute atomic E-state index is 0.540. The number of piperazine rings is 1. The molecule has 1 N–H and O–H groups in total. The number of hydrogen-bond donors (Lipinski definition) is 1. The lowest BCUT2D eigenvalue weighted by Crippen LogP contribution is -2.53. The molecule has 1 heterocycles. The first-order valence-electron chi connectivity index (χ1n) is 8.27. The van der Waals surface area contributed by atoms with Crippen molar-refractivity contribution in [3.8, 4) is 0 Å². The Labute approximate surface area is 124 Å². The standard InChI is InChI=1S/C18H30N2/c1-4-9-17-14-20(13-15(3)5-2)18(12-19-17)16-10-7-6-8-11-16/h6-8,10-11,15,17-19H,4-5,9,12-14H2,1-3H3. The SMILES string of the molecule is CCCC1CN(CC(C)CC)C(c2ccccc2)CN1. The van der Waals surface area contributed by atoms with Crippen molar-refractivity contribution in [3.63, 3.8) is 0 Å². The van der Waals surface area contributed by atoms with Crippen LogP contribution in [0.5, 0.6) is 0 Å². The van der Waals surface area contributed by atoms with Gasteiger partial charge in [-0.05, 0) is 17.9 Å². The molecule has 1 aliphatic rings. The average molecular weight is 274 g/mol. The van der Waals surface area contributed by atoms with Crippen molar-refractivity contribution >= 4 is 0 Å². The monoisotopic (exact) mass is 274 g/mol. The van der Waals surface area contributed by atoms with E-state index in [2.05, 4.69) is 61.3 Å². The highest BCUT2D eigenvalue weighted by molar-refractivity contribution is 5.20. The highest BCUT2D eigenvalue weighted by Gasteiger charge is 2.28. The van der Waals surface area contributed by atoms with Gasteiger partial charge in [0.05, 0.1) is 0 Å². The lowest BCUT2D eigenvalue weighted by molar-refractivity contribution is 0.108. The zero-order chi connectivity index (χ0) is 14.4. The Bertz CT molecular complexity index is 376. The van der Waals surface area contributed by atoms with Crippen LogP contribution in [0, 0.1) is 5.92 Å². The Morgan fingerprint density at radius 2 is 2.00 bits per heavy atom. The fourth-order valence-electron chi connectivity index (χ4n) is 3.16. The molecule has 1 aromatic rings. The van der Waals surface area contributed by atoms with Crippen molar-refractivity contribution in [1.82, 2.24) is 10.2 Å². The second kappa shape index (κ2) is 7.80. The molecule has 1 aliphatic heterocycles. The first kappa shape index (κ1) is 15.5. The molecule has 0 amide bonds. The highest BCUT2D eigenvalue weighted by Crippen LogP contribution is 2.25. The summed E-state index contributed by atoms with van der Waals surface area (Å²) in [6.45, 7) is 10.5. The molecule has 0 bridgehead atoms. The zero-order valence-corrected chi connectivity index (χ0v) is 13.3. The van der Waals surface area contributed by atoms with Crippen LogP contribution in [-0.4, -0.2) is 30.6 Å². The molecule has 112 valence electrons. The van der Waals surface area contributed by atoms with Crippen molar-refractivity contribution in [2.45, 2.75) is 52.1 Å². The van der Waals surface area contributed by atoms with Crippen LogP contribution < -0.4 is 5.32 Å². The van der Waals surface area contributed by atoms with Crippen LogP contribution in [0.3, 0.4) is 0 Å². The van der Waals surface area contributed by atoms with Crippen LogP contribution in [-0.2, 0) is 0 Å². The van der Waals surface area contributed by atoms with Gasteiger partial charge in [-0.3, -0.25) is 4.90 Å². The van der Waals surface area contributed by atoms with Crippen molar-refractivity contribution in [3.05, 3.63) is 35.9 Å². The minimum Gasteiger partial charge on any atom is -0.311 e. The van der Waals surface area contributed by atoms with Crippen LogP contribution in [0.4, 0.5) is 0 Å². The minimum atomic E-state index is 0.540. The first-order valence-corrected chi connectivity index (χ1v) is 8.27. The van der Waals surface area contributed by atoms with Crippen LogP contribution in [0.15, 0.2) is 30.3 Å². The fraction of sp³-hybridized carbons (Fsp3) is 0.667. The molecule has 0 aliphatic carbocycles. The summed E-state index contributed by atoms with van der Waals surface area (Å²) in [5, 5.41) is 3.75. The number of nitrogens with zero attached hydrogens (tertiary/aromatic N) is 1. The van der Waals surface area contributed by atoms with Crippen LogP contribution in [0.25, 0.3) is 0 Å². The molecule has 0 spiro atoms. The molecule has 3 atom stereocenters. The summed E-state index contributed by atoms with van der Waals surface area (Å²) in [4.78, 5) is 2.71. The summed E-state index contributed by atoms with van der Waals surface area (Å²) in [7, 11) is 0. The summed E-state index contributed by atoms with van der Waals surface area (Å²) in [5.74, 6) is 0.779. The Morgan fingerprint density at radius 3 is 2.65 bits per heavy atom. The summed E-state index contributed by atoms with van der Waals surface area (Å²) < 4.78 is 0. The fourth-order valence-corrected chi connectivity index (χ4v) is 3.16. The quantitative estimate of drug-likeness (QED) is 0.847. The molecule has 2 nitrogen and oxygen atoms in total. The van der Waals surface area contributed by atoms with Crippen LogP contribution in [0.1, 0.15) is 51.6 Å². The highest BCUT2D eigenvalue weighted by atomic mass is 15.2. The number of nitrogens with one attached hydrogen (secondary N) is 1. The summed E-state index contributed by atoms with van der Waals surface area (Å²) in [6.07, 6.45) is 3.83. The summed E-state index contributed by atoms with van der Waals surface area (Å²) in [5.41, 5.74) is 1.46. The van der Waals surface area contributed by atoms with Gasteiger partial charge in [0.15, 0.2) is 0 Å². The molecule has 3 unspecified atom stereocenters. The van der Waals surface area contributed by atoms with Gasteiger partial charge in [-0.25, -0.2) is 0 Å². The third-order valence-corrected chi connectivity index (χ3v) is 4.56. The van der Waals surface area contributed by atoms with Gasteiger partial charge in [-0.1, -0.05) is 63.9 Å². The largest absolute Gasteiger partial charge is 0.311 e. The van der Waals surface area contributed by atoms with E-state index in [4.69, 9.17) is 0 Å². The normalized spacial score (nSPS) is 25.6. The van der Waals surface area contributed by atoms with Gasteiger partial charge < -0.3 is 5.32 Å². The van der Waals surface area contributed by atoms with Crippen molar-refractivity contribution in [1.29, 1.82) is 0 Å². The smallest absolute Gasteiger partial charge is 0.0473 e. The lowest BCUT2D eigenvalue weighted by Gasteiger charge is -2.42. The molecular formula is C18H30N2. The third-order valence-electron chi connectivity index (χ3n) is 4.56. The maximum Gasteiger partial charge on any atom is 0.0473 e. The van der Waals surface area contributed by atoms with Gasteiger partial charge >= 0.3 is 0 Å². The summed E-state index contributed by atoms with van der Waals surface area (Å²) in [6, 6.07) is 12.2. The summed E-state index contributed by atoms with van der Waals surface area (Å²) >= 11 is 0. The third kappa shape index (κ3) is 4.07. The maximum absolute atomic E-state index is 3.75. The average Bonchev–Trinajstić information content (AvgIpc) is 2.48. The predicted molar refractivity (Wildman–Crippen MR) is 86.9 cm³/mol. The maximum atomic E-state index is 3.75. The van der Waals surface area contributed by atoms with Gasteiger partial charge in [0.25, 0.3) is 0 Å². The van der Waals surface area contributed by atoms with Gasteiger partial charge in [-0.15, -0.1) is 0 Å². The van der Waals surface area contributed by atoms with E-state index in [-0.39, 0.29) is 0 Å². The Kier molecular flexibility index (Phi) is 6.06. The molecule has 1 aromatic carbocycles. The van der Waals surface area contributed by atoms with Crippen molar-refractivity contribution < 1.29 is 0 Å². The molecule has 0 saturated carbocycles. The van der Waals surface area contributed by atoms with E-state index in [0.29, 0.717) is 12.1 Å². The van der Waals surface area contributed by atoms with E-state index in [9.17, 15) is 0 Å². The van der Waals surface area contributed by atoms with Gasteiger partial charge in [0.2, 0.25) is 0 Å². The Morgan fingerprint density at radius 1 is 1.25 bits per heavy atom. The van der Waals surface area contributed by atoms with E-state index in [1.807, 2.05) is 0 Å². The molecule has 0 aromatic heterocycles. The second-order valence-corrected chi connectivity index (χ2v) is 6.29. The van der Waals surface area contributed by atoms with Gasteiger partial charge in [0, 0.05) is 31.7 Å². The van der Waals surface area contributed by atoms with Crippen molar-refractivity contribution in [2.75, 3.05) is 19.6 Å². The van der Waals surface area contributed by atoms with E-state index >= 15 is 0 Å². The van der Waals surface area contributed by atoms with Gasteiger partial charge in [0.1, 0.15) is 0 Å². The number of benzene rings is 1. The molecule has 2 rings (SSSR count). The topological polar surface area (TPSA) is 15.3 Å². The molecule has 2 heteroatoms. The van der Waals surface area contributed by atoms with Crippen molar-refractivity contribution in [2.24, 2.45) is 5.92 Å². The second-order valence-electron chi connectivity index (χ2n) is 6.29. The van der Waals surface area contributed by atoms with Gasteiger partial charge in [-0.2, -0.15) is 0 Å². The molecule has 20 heavy (non-hydrogen) atoms. The molecular weight excluding hydrogens is 244 g/mol. The van der Waals surface area contributed by atoms with Crippen LogP contribution in [0.2, 0.25) is 0 Å².